The van der Waals surface area contributed by atoms with E-state index in [2.05, 4.69) is 31.5 Å². The molecule has 0 radical (unpaired) electrons. The van der Waals surface area contributed by atoms with Gasteiger partial charge in [0.05, 0.1) is 35.0 Å². The molecule has 0 spiro atoms. The molecule has 1 aromatic heterocycles. The van der Waals surface area contributed by atoms with E-state index in [0.717, 1.165) is 10.5 Å². The van der Waals surface area contributed by atoms with Gasteiger partial charge in [-0.2, -0.15) is 13.2 Å². The number of carbonyl (C=O) groups excluding carboxylic acids is 1. The Labute approximate surface area is 201 Å². The van der Waals surface area contributed by atoms with Gasteiger partial charge in [-0.05, 0) is 55.0 Å². The van der Waals surface area contributed by atoms with E-state index >= 15 is 0 Å². The van der Waals surface area contributed by atoms with Crippen LogP contribution in [0.4, 0.5) is 30.5 Å². The van der Waals surface area contributed by atoms with Gasteiger partial charge in [0, 0.05) is 23.3 Å². The highest BCUT2D eigenvalue weighted by Crippen LogP contribution is 2.37. The molecule has 0 fully saturated rings. The Morgan fingerprint density at radius 1 is 1.09 bits per heavy atom. The van der Waals surface area contributed by atoms with E-state index in [-0.39, 0.29) is 17.2 Å². The summed E-state index contributed by atoms with van der Waals surface area (Å²) in [6.45, 7) is 1.71. The van der Waals surface area contributed by atoms with Crippen LogP contribution >= 0.6 is 15.9 Å². The van der Waals surface area contributed by atoms with Crippen molar-refractivity contribution in [1.82, 2.24) is 9.55 Å². The van der Waals surface area contributed by atoms with Crippen molar-refractivity contribution in [3.05, 3.63) is 75.8 Å². The number of rotatable bonds is 5. The lowest BCUT2D eigenvalue weighted by Gasteiger charge is -2.15. The molecular weight excluding hydrogens is 513 g/mol. The molecule has 0 saturated heterocycles. The zero-order valence-corrected chi connectivity index (χ0v) is 20.0. The summed E-state index contributed by atoms with van der Waals surface area (Å²) in [6, 6.07) is 14.1. The first-order chi connectivity index (χ1) is 16.1. The highest BCUT2D eigenvalue weighted by Gasteiger charge is 2.33. The van der Waals surface area contributed by atoms with Crippen molar-refractivity contribution in [2.24, 2.45) is 7.05 Å². The highest BCUT2D eigenvalue weighted by atomic mass is 79.9. The molecule has 1 amide bonds. The topological polar surface area (TPSA) is 68.2 Å². The molecule has 4 aromatic rings. The zero-order valence-electron chi connectivity index (χ0n) is 18.4. The quantitative estimate of drug-likeness (QED) is 0.301. The fraction of sp³-hybridized carbons (Fsp3) is 0.167. The Kier molecular flexibility index (Phi) is 6.26. The largest absolute Gasteiger partial charge is 0.496 e. The minimum Gasteiger partial charge on any atom is -0.496 e. The second kappa shape index (κ2) is 9.02. The van der Waals surface area contributed by atoms with E-state index in [1.54, 1.807) is 54.9 Å². The van der Waals surface area contributed by atoms with Crippen LogP contribution in [-0.4, -0.2) is 22.6 Å². The SMILES string of the molecule is COc1cc2c(cc1C(=O)Nc1ccc(Br)cc1)nc(Nc1cc(C)ccc1C(F)(F)F)n2C. The highest BCUT2D eigenvalue weighted by molar-refractivity contribution is 9.10. The number of methoxy groups -OCH3 is 1. The van der Waals surface area contributed by atoms with Crippen LogP contribution in [0.1, 0.15) is 21.5 Å². The molecular formula is C24H20BrF3N4O2. The summed E-state index contributed by atoms with van der Waals surface area (Å²) in [6.07, 6.45) is -4.53. The fourth-order valence-corrected chi connectivity index (χ4v) is 3.80. The first kappa shape index (κ1) is 23.6. The van der Waals surface area contributed by atoms with Crippen molar-refractivity contribution in [1.29, 1.82) is 0 Å². The number of benzene rings is 3. The van der Waals surface area contributed by atoms with Crippen LogP contribution in [0.2, 0.25) is 0 Å². The second-order valence-corrected chi connectivity index (χ2v) is 8.58. The summed E-state index contributed by atoms with van der Waals surface area (Å²) in [5.74, 6) is 0.0982. The molecule has 1 heterocycles. The van der Waals surface area contributed by atoms with E-state index in [1.807, 2.05) is 0 Å². The van der Waals surface area contributed by atoms with Crippen LogP contribution in [0.15, 0.2) is 59.1 Å². The fourth-order valence-electron chi connectivity index (χ4n) is 3.54. The maximum absolute atomic E-state index is 13.5. The van der Waals surface area contributed by atoms with Crippen molar-refractivity contribution in [2.45, 2.75) is 13.1 Å². The van der Waals surface area contributed by atoms with Gasteiger partial charge < -0.3 is 19.9 Å². The number of anilines is 3. The Balaban J connectivity index is 1.72. The van der Waals surface area contributed by atoms with Gasteiger partial charge in [0.15, 0.2) is 0 Å². The lowest BCUT2D eigenvalue weighted by molar-refractivity contribution is -0.136. The number of hydrogen-bond acceptors (Lipinski definition) is 4. The molecule has 0 bridgehead atoms. The van der Waals surface area contributed by atoms with E-state index in [1.165, 1.54) is 19.2 Å². The molecule has 4 rings (SSSR count). The predicted molar refractivity (Wildman–Crippen MR) is 129 cm³/mol. The zero-order chi connectivity index (χ0) is 24.6. The molecule has 176 valence electrons. The number of halogens is 4. The van der Waals surface area contributed by atoms with Crippen molar-refractivity contribution in [2.75, 3.05) is 17.7 Å². The van der Waals surface area contributed by atoms with Gasteiger partial charge in [-0.1, -0.05) is 22.0 Å². The summed E-state index contributed by atoms with van der Waals surface area (Å²) in [4.78, 5) is 17.4. The Morgan fingerprint density at radius 2 is 1.79 bits per heavy atom. The number of carbonyl (C=O) groups is 1. The number of fused-ring (bicyclic) bond motifs is 1. The van der Waals surface area contributed by atoms with Crippen LogP contribution in [0.5, 0.6) is 5.75 Å². The molecule has 6 nitrogen and oxygen atoms in total. The molecule has 2 N–H and O–H groups in total. The van der Waals surface area contributed by atoms with Crippen LogP contribution in [0.25, 0.3) is 11.0 Å². The average Bonchev–Trinajstić information content (AvgIpc) is 3.08. The summed E-state index contributed by atoms with van der Waals surface area (Å²) in [5.41, 5.74) is 1.62. The van der Waals surface area contributed by atoms with Gasteiger partial charge in [-0.3, -0.25) is 4.79 Å². The van der Waals surface area contributed by atoms with Crippen LogP contribution in [0.3, 0.4) is 0 Å². The first-order valence-electron chi connectivity index (χ1n) is 10.1. The van der Waals surface area contributed by atoms with Gasteiger partial charge in [0.1, 0.15) is 5.75 Å². The van der Waals surface area contributed by atoms with Gasteiger partial charge in [-0.15, -0.1) is 0 Å². The summed E-state index contributed by atoms with van der Waals surface area (Å²) in [5, 5.41) is 5.60. The number of nitrogens with one attached hydrogen (secondary N) is 2. The third-order valence-electron chi connectivity index (χ3n) is 5.28. The van der Waals surface area contributed by atoms with Crippen molar-refractivity contribution >= 4 is 50.2 Å². The summed E-state index contributed by atoms with van der Waals surface area (Å²) < 4.78 is 48.4. The molecule has 34 heavy (non-hydrogen) atoms. The Bertz CT molecular complexity index is 1380. The molecule has 0 aliphatic heterocycles. The van der Waals surface area contributed by atoms with E-state index < -0.39 is 17.6 Å². The monoisotopic (exact) mass is 532 g/mol. The number of amides is 1. The van der Waals surface area contributed by atoms with Gasteiger partial charge in [0.2, 0.25) is 5.95 Å². The van der Waals surface area contributed by atoms with Crippen LogP contribution < -0.4 is 15.4 Å². The van der Waals surface area contributed by atoms with Gasteiger partial charge >= 0.3 is 6.18 Å². The predicted octanol–water partition coefficient (Wildman–Crippen LogP) is 6.67. The van der Waals surface area contributed by atoms with Crippen LogP contribution in [-0.2, 0) is 13.2 Å². The van der Waals surface area contributed by atoms with Crippen molar-refractivity contribution < 1.29 is 22.7 Å². The smallest absolute Gasteiger partial charge is 0.418 e. The molecule has 0 atom stereocenters. The molecule has 10 heteroatoms. The maximum atomic E-state index is 13.5. The molecule has 0 saturated carbocycles. The molecule has 0 aliphatic carbocycles. The number of ether oxygens (including phenoxy) is 1. The number of hydrogen-bond donors (Lipinski definition) is 2. The van der Waals surface area contributed by atoms with Crippen molar-refractivity contribution in [3.8, 4) is 5.75 Å². The van der Waals surface area contributed by atoms with Crippen molar-refractivity contribution in [3.63, 3.8) is 0 Å². The molecule has 0 unspecified atom stereocenters. The Hall–Kier alpha value is -3.53. The first-order valence-corrected chi connectivity index (χ1v) is 10.9. The summed E-state index contributed by atoms with van der Waals surface area (Å²) in [7, 11) is 3.11. The number of nitrogens with zero attached hydrogens (tertiary/aromatic N) is 2. The summed E-state index contributed by atoms with van der Waals surface area (Å²) >= 11 is 3.35. The third-order valence-corrected chi connectivity index (χ3v) is 5.80. The van der Waals surface area contributed by atoms with Gasteiger partial charge in [-0.25, -0.2) is 4.98 Å². The minimum absolute atomic E-state index is 0.105. The molecule has 0 aliphatic rings. The lowest BCUT2D eigenvalue weighted by Crippen LogP contribution is -2.13. The Morgan fingerprint density at radius 3 is 2.44 bits per heavy atom. The third kappa shape index (κ3) is 4.72. The second-order valence-electron chi connectivity index (χ2n) is 7.67. The number of aromatic nitrogens is 2. The minimum atomic E-state index is -4.53. The standard InChI is InChI=1S/C24H20BrF3N4O2/c1-13-4-9-17(24(26,27)28)18(10-13)30-23-31-19-11-16(21(34-3)12-20(19)32(23)2)22(33)29-15-7-5-14(25)6-8-15/h4-12H,1-3H3,(H,29,33)(H,30,31). The number of imidazole rings is 1. The lowest BCUT2D eigenvalue weighted by atomic mass is 10.1. The van der Waals surface area contributed by atoms with E-state index in [0.29, 0.717) is 28.0 Å². The van der Waals surface area contributed by atoms with Crippen LogP contribution in [0, 0.1) is 6.92 Å². The van der Waals surface area contributed by atoms with E-state index in [4.69, 9.17) is 4.74 Å². The average molecular weight is 533 g/mol. The van der Waals surface area contributed by atoms with Gasteiger partial charge in [0.25, 0.3) is 5.91 Å². The maximum Gasteiger partial charge on any atom is 0.418 e. The van der Waals surface area contributed by atoms with E-state index in [9.17, 15) is 18.0 Å². The number of aryl methyl sites for hydroxylation is 2. The number of alkyl halides is 3. The molecule has 3 aromatic carbocycles. The normalized spacial score (nSPS) is 11.5.